The van der Waals surface area contributed by atoms with Gasteiger partial charge >= 0.3 is 0 Å². The molecule has 0 aromatic heterocycles. The number of hydrogen-bond acceptors (Lipinski definition) is 2. The smallest absolute Gasteiger partial charge is 0.259 e. The first-order valence-electron chi connectivity index (χ1n) is 7.41. The molecule has 0 radical (unpaired) electrons. The number of Topliss-reactive ketones (excluding diaryl/α,β-unsaturated/α-hetero) is 1. The van der Waals surface area contributed by atoms with Gasteiger partial charge in [-0.3, -0.25) is 9.59 Å². The van der Waals surface area contributed by atoms with E-state index in [4.69, 9.17) is 0 Å². The van der Waals surface area contributed by atoms with E-state index in [0.29, 0.717) is 5.69 Å². The molecular formula is C19H17NO2. The molecular weight excluding hydrogens is 274 g/mol. The largest absolute Gasteiger partial charge is 0.322 e. The molecule has 0 atom stereocenters. The zero-order valence-corrected chi connectivity index (χ0v) is 12.2. The molecule has 3 rings (SSSR count). The fourth-order valence-electron chi connectivity index (χ4n) is 2.25. The van der Waals surface area contributed by atoms with Crippen LogP contribution < -0.4 is 5.32 Å². The predicted molar refractivity (Wildman–Crippen MR) is 87.2 cm³/mol. The van der Waals surface area contributed by atoms with Crippen LogP contribution >= 0.6 is 0 Å². The Balaban J connectivity index is 1.86. The molecule has 0 aliphatic heterocycles. The van der Waals surface area contributed by atoms with Gasteiger partial charge in [0.2, 0.25) is 0 Å². The third kappa shape index (κ3) is 3.50. The highest BCUT2D eigenvalue weighted by molar-refractivity contribution is 6.27. The highest BCUT2D eigenvalue weighted by Gasteiger charge is 2.34. The minimum absolute atomic E-state index is 0.0106. The van der Waals surface area contributed by atoms with Gasteiger partial charge in [0.05, 0.1) is 5.57 Å². The van der Waals surface area contributed by atoms with Crippen molar-refractivity contribution in [2.45, 2.75) is 12.8 Å². The average molecular weight is 291 g/mol. The zero-order valence-electron chi connectivity index (χ0n) is 12.2. The molecule has 1 N–H and O–H groups in total. The van der Waals surface area contributed by atoms with Crippen molar-refractivity contribution < 1.29 is 9.59 Å². The molecule has 1 saturated carbocycles. The number of amides is 1. The first kappa shape index (κ1) is 14.3. The van der Waals surface area contributed by atoms with Gasteiger partial charge in [0.1, 0.15) is 0 Å². The minimum Gasteiger partial charge on any atom is -0.322 e. The first-order valence-corrected chi connectivity index (χ1v) is 7.41. The van der Waals surface area contributed by atoms with Crippen LogP contribution in [0.3, 0.4) is 0 Å². The number of ketones is 1. The Morgan fingerprint density at radius 3 is 2.09 bits per heavy atom. The zero-order chi connectivity index (χ0) is 15.4. The Kier molecular flexibility index (Phi) is 4.15. The maximum atomic E-state index is 12.5. The number of anilines is 1. The molecule has 2 aromatic rings. The fraction of sp³-hybridized carbons (Fsp3) is 0.158. The number of benzene rings is 2. The molecule has 2 aromatic carbocycles. The molecule has 0 spiro atoms. The van der Waals surface area contributed by atoms with Crippen molar-refractivity contribution >= 4 is 23.5 Å². The topological polar surface area (TPSA) is 46.2 Å². The lowest BCUT2D eigenvalue weighted by atomic mass is 10.0. The van der Waals surface area contributed by atoms with Gasteiger partial charge in [0.15, 0.2) is 5.78 Å². The Hall–Kier alpha value is -2.68. The van der Waals surface area contributed by atoms with E-state index in [2.05, 4.69) is 5.32 Å². The highest BCUT2D eigenvalue weighted by atomic mass is 16.2. The molecule has 1 fully saturated rings. The summed E-state index contributed by atoms with van der Waals surface area (Å²) in [7, 11) is 0. The maximum Gasteiger partial charge on any atom is 0.259 e. The van der Waals surface area contributed by atoms with Crippen LogP contribution in [0.5, 0.6) is 0 Å². The van der Waals surface area contributed by atoms with E-state index in [-0.39, 0.29) is 23.2 Å². The number of carbonyl (C=O) groups is 2. The van der Waals surface area contributed by atoms with E-state index in [9.17, 15) is 9.59 Å². The van der Waals surface area contributed by atoms with Crippen molar-refractivity contribution in [1.82, 2.24) is 0 Å². The fourth-order valence-corrected chi connectivity index (χ4v) is 2.25. The quantitative estimate of drug-likeness (QED) is 0.519. The maximum absolute atomic E-state index is 12.5. The van der Waals surface area contributed by atoms with Crippen LogP contribution in [0.4, 0.5) is 5.69 Å². The summed E-state index contributed by atoms with van der Waals surface area (Å²) < 4.78 is 0. The van der Waals surface area contributed by atoms with Crippen molar-refractivity contribution in [2.75, 3.05) is 5.32 Å². The lowest BCUT2D eigenvalue weighted by molar-refractivity contribution is -0.120. The second kappa shape index (κ2) is 6.39. The second-order valence-corrected chi connectivity index (χ2v) is 5.43. The number of rotatable bonds is 5. The summed E-state index contributed by atoms with van der Waals surface area (Å²) in [6.45, 7) is 0. The van der Waals surface area contributed by atoms with Gasteiger partial charge in [-0.15, -0.1) is 0 Å². The Morgan fingerprint density at radius 2 is 1.50 bits per heavy atom. The Morgan fingerprint density at radius 1 is 0.909 bits per heavy atom. The molecule has 0 bridgehead atoms. The summed E-state index contributed by atoms with van der Waals surface area (Å²) in [5.74, 6) is -0.388. The van der Waals surface area contributed by atoms with Crippen molar-refractivity contribution in [3.8, 4) is 0 Å². The van der Waals surface area contributed by atoms with Crippen LogP contribution in [0.25, 0.3) is 6.08 Å². The highest BCUT2D eigenvalue weighted by Crippen LogP contribution is 2.33. The van der Waals surface area contributed by atoms with Crippen LogP contribution in [-0.2, 0) is 9.59 Å². The van der Waals surface area contributed by atoms with Gasteiger partial charge in [0.25, 0.3) is 5.91 Å². The van der Waals surface area contributed by atoms with Gasteiger partial charge in [-0.2, -0.15) is 0 Å². The average Bonchev–Trinajstić information content (AvgIpc) is 3.39. The third-order valence-electron chi connectivity index (χ3n) is 3.60. The minimum atomic E-state index is -0.341. The van der Waals surface area contributed by atoms with Crippen LogP contribution in [0.2, 0.25) is 0 Å². The number of nitrogens with one attached hydrogen (secondary N) is 1. The monoisotopic (exact) mass is 291 g/mol. The van der Waals surface area contributed by atoms with Crippen molar-refractivity contribution in [1.29, 1.82) is 0 Å². The standard InChI is InChI=1S/C19H17NO2/c21-18(15-11-12-15)17(13-14-7-3-1-4-8-14)19(22)20-16-9-5-2-6-10-16/h1-10,13,15H,11-12H2,(H,20,22)/b17-13-. The predicted octanol–water partition coefficient (Wildman–Crippen LogP) is 3.69. The molecule has 0 saturated heterocycles. The number of hydrogen-bond donors (Lipinski definition) is 1. The molecule has 1 aliphatic carbocycles. The van der Waals surface area contributed by atoms with E-state index >= 15 is 0 Å². The van der Waals surface area contributed by atoms with Gasteiger partial charge in [-0.25, -0.2) is 0 Å². The van der Waals surface area contributed by atoms with Crippen LogP contribution in [0.15, 0.2) is 66.2 Å². The summed E-state index contributed by atoms with van der Waals surface area (Å²) in [5.41, 5.74) is 1.78. The van der Waals surface area contributed by atoms with Crippen LogP contribution in [0.1, 0.15) is 18.4 Å². The molecule has 110 valence electrons. The van der Waals surface area contributed by atoms with Gasteiger partial charge in [-0.05, 0) is 36.6 Å². The van der Waals surface area contributed by atoms with E-state index < -0.39 is 0 Å². The lowest BCUT2D eigenvalue weighted by Gasteiger charge is -2.08. The van der Waals surface area contributed by atoms with Gasteiger partial charge < -0.3 is 5.32 Å². The summed E-state index contributed by atoms with van der Waals surface area (Å²) in [4.78, 5) is 24.9. The van der Waals surface area contributed by atoms with Gasteiger partial charge in [0, 0.05) is 11.6 Å². The van der Waals surface area contributed by atoms with E-state index in [1.54, 1.807) is 18.2 Å². The summed E-state index contributed by atoms with van der Waals surface area (Å²) >= 11 is 0. The number of para-hydroxylation sites is 1. The normalized spacial score (nSPS) is 14.5. The first-order chi connectivity index (χ1) is 10.7. The summed E-state index contributed by atoms with van der Waals surface area (Å²) in [5, 5.41) is 2.80. The molecule has 22 heavy (non-hydrogen) atoms. The van der Waals surface area contributed by atoms with Gasteiger partial charge in [-0.1, -0.05) is 48.5 Å². The third-order valence-corrected chi connectivity index (χ3v) is 3.60. The van der Waals surface area contributed by atoms with Crippen molar-refractivity contribution in [3.05, 3.63) is 71.8 Å². The van der Waals surface area contributed by atoms with E-state index in [1.807, 2.05) is 48.5 Å². The Bertz CT molecular complexity index is 701. The second-order valence-electron chi connectivity index (χ2n) is 5.43. The molecule has 3 heteroatoms. The van der Waals surface area contributed by atoms with Crippen LogP contribution in [0, 0.1) is 5.92 Å². The van der Waals surface area contributed by atoms with E-state index in [1.165, 1.54) is 0 Å². The number of carbonyl (C=O) groups excluding carboxylic acids is 2. The molecule has 1 amide bonds. The molecule has 0 unspecified atom stereocenters. The molecule has 1 aliphatic rings. The Labute approximate surface area is 129 Å². The van der Waals surface area contributed by atoms with E-state index in [0.717, 1.165) is 18.4 Å². The van der Waals surface area contributed by atoms with Crippen molar-refractivity contribution in [3.63, 3.8) is 0 Å². The summed E-state index contributed by atoms with van der Waals surface area (Å²) in [6.07, 6.45) is 3.44. The summed E-state index contributed by atoms with van der Waals surface area (Å²) in [6, 6.07) is 18.6. The van der Waals surface area contributed by atoms with Crippen LogP contribution in [-0.4, -0.2) is 11.7 Å². The van der Waals surface area contributed by atoms with Crippen molar-refractivity contribution in [2.24, 2.45) is 5.92 Å². The molecule has 0 heterocycles. The lowest BCUT2D eigenvalue weighted by Crippen LogP contribution is -2.21. The molecule has 3 nitrogen and oxygen atoms in total. The SMILES string of the molecule is O=C(Nc1ccccc1)/C(=C\c1ccccc1)C(=O)C1CC1.